The van der Waals surface area contributed by atoms with Crippen LogP contribution in [0, 0.1) is 0 Å². The maximum absolute atomic E-state index is 12.1. The molecule has 8 heteroatoms. The molecular formula is C20H20N4O4. The van der Waals surface area contributed by atoms with Crippen LogP contribution in [0.2, 0.25) is 0 Å². The number of hydrogen-bond donors (Lipinski definition) is 2. The number of aliphatic carboxylic acids is 1. The van der Waals surface area contributed by atoms with Gasteiger partial charge in [-0.05, 0) is 42.7 Å². The van der Waals surface area contributed by atoms with Crippen LogP contribution in [-0.4, -0.2) is 38.7 Å². The van der Waals surface area contributed by atoms with Crippen molar-refractivity contribution in [2.75, 3.05) is 6.54 Å². The van der Waals surface area contributed by atoms with Gasteiger partial charge in [0, 0.05) is 36.5 Å². The highest BCUT2D eigenvalue weighted by molar-refractivity contribution is 5.95. The molecule has 0 aliphatic carbocycles. The van der Waals surface area contributed by atoms with Crippen LogP contribution in [0.1, 0.15) is 34.7 Å². The summed E-state index contributed by atoms with van der Waals surface area (Å²) in [5, 5.41) is 15.2. The predicted molar refractivity (Wildman–Crippen MR) is 101 cm³/mol. The summed E-state index contributed by atoms with van der Waals surface area (Å²) in [6.07, 6.45) is 5.84. The van der Waals surface area contributed by atoms with E-state index in [0.29, 0.717) is 29.3 Å². The van der Waals surface area contributed by atoms with Crippen LogP contribution >= 0.6 is 0 Å². The third-order valence-corrected chi connectivity index (χ3v) is 4.08. The van der Waals surface area contributed by atoms with Gasteiger partial charge in [0.15, 0.2) is 0 Å². The molecule has 0 saturated carbocycles. The van der Waals surface area contributed by atoms with Crippen LogP contribution in [0.25, 0.3) is 11.4 Å². The molecule has 0 aliphatic rings. The fourth-order valence-corrected chi connectivity index (χ4v) is 2.65. The molecule has 2 aromatic heterocycles. The van der Waals surface area contributed by atoms with E-state index in [1.54, 1.807) is 36.7 Å². The summed E-state index contributed by atoms with van der Waals surface area (Å²) in [7, 11) is 0. The number of aromatic nitrogens is 3. The largest absolute Gasteiger partial charge is 0.481 e. The first-order chi connectivity index (χ1) is 13.6. The Bertz CT molecular complexity index is 940. The van der Waals surface area contributed by atoms with E-state index in [9.17, 15) is 9.59 Å². The van der Waals surface area contributed by atoms with E-state index in [0.717, 1.165) is 12.8 Å². The zero-order valence-electron chi connectivity index (χ0n) is 15.2. The number of amides is 1. The van der Waals surface area contributed by atoms with E-state index in [4.69, 9.17) is 9.63 Å². The van der Waals surface area contributed by atoms with Crippen molar-refractivity contribution < 1.29 is 19.2 Å². The SMILES string of the molecule is O=C(O)CCNC(=O)c1cccc(-c2noc(CCCc3ccncc3)n2)c1. The lowest BCUT2D eigenvalue weighted by molar-refractivity contribution is -0.136. The zero-order valence-corrected chi connectivity index (χ0v) is 15.2. The molecule has 2 heterocycles. The van der Waals surface area contributed by atoms with Crippen molar-refractivity contribution in [3.8, 4) is 11.4 Å². The number of carbonyl (C=O) groups excluding carboxylic acids is 1. The summed E-state index contributed by atoms with van der Waals surface area (Å²) in [6.45, 7) is 0.0717. The summed E-state index contributed by atoms with van der Waals surface area (Å²) in [4.78, 5) is 31.0. The standard InChI is InChI=1S/C20H20N4O4/c25-18(26)9-12-22-20(27)16-5-2-4-15(13-16)19-23-17(28-24-19)6-1-3-14-7-10-21-11-8-14/h2,4-5,7-8,10-11,13H,1,3,6,9,12H2,(H,22,27)(H,25,26). The highest BCUT2D eigenvalue weighted by Gasteiger charge is 2.12. The van der Waals surface area contributed by atoms with E-state index >= 15 is 0 Å². The molecule has 1 amide bonds. The molecule has 3 rings (SSSR count). The van der Waals surface area contributed by atoms with Crippen molar-refractivity contribution in [2.45, 2.75) is 25.7 Å². The van der Waals surface area contributed by atoms with Gasteiger partial charge in [-0.3, -0.25) is 14.6 Å². The third kappa shape index (κ3) is 5.47. The van der Waals surface area contributed by atoms with Crippen molar-refractivity contribution in [3.63, 3.8) is 0 Å². The quantitative estimate of drug-likeness (QED) is 0.585. The van der Waals surface area contributed by atoms with Gasteiger partial charge in [-0.25, -0.2) is 0 Å². The number of nitrogens with one attached hydrogen (secondary N) is 1. The lowest BCUT2D eigenvalue weighted by atomic mass is 10.1. The normalized spacial score (nSPS) is 10.6. The van der Waals surface area contributed by atoms with Crippen LogP contribution in [0.4, 0.5) is 0 Å². The molecule has 1 aromatic carbocycles. The number of aryl methyl sites for hydroxylation is 2. The van der Waals surface area contributed by atoms with Crippen LogP contribution < -0.4 is 5.32 Å². The number of carboxylic acids is 1. The van der Waals surface area contributed by atoms with Crippen LogP contribution in [0.5, 0.6) is 0 Å². The first-order valence-electron chi connectivity index (χ1n) is 8.94. The maximum atomic E-state index is 12.1. The molecule has 144 valence electrons. The molecular weight excluding hydrogens is 360 g/mol. The van der Waals surface area contributed by atoms with Crippen molar-refractivity contribution >= 4 is 11.9 Å². The highest BCUT2D eigenvalue weighted by Crippen LogP contribution is 2.18. The Morgan fingerprint density at radius 2 is 1.93 bits per heavy atom. The molecule has 0 bridgehead atoms. The molecule has 0 atom stereocenters. The van der Waals surface area contributed by atoms with Crippen molar-refractivity contribution in [2.24, 2.45) is 0 Å². The minimum Gasteiger partial charge on any atom is -0.481 e. The number of hydrogen-bond acceptors (Lipinski definition) is 6. The monoisotopic (exact) mass is 380 g/mol. The third-order valence-electron chi connectivity index (χ3n) is 4.08. The summed E-state index contributed by atoms with van der Waals surface area (Å²) in [5.74, 6) is -0.346. The lowest BCUT2D eigenvalue weighted by Crippen LogP contribution is -2.25. The maximum Gasteiger partial charge on any atom is 0.305 e. The van der Waals surface area contributed by atoms with Gasteiger partial charge in [0.2, 0.25) is 11.7 Å². The highest BCUT2D eigenvalue weighted by atomic mass is 16.5. The molecule has 0 aliphatic heterocycles. The molecule has 8 nitrogen and oxygen atoms in total. The van der Waals surface area contributed by atoms with Crippen molar-refractivity contribution in [1.82, 2.24) is 20.4 Å². The molecule has 0 fully saturated rings. The minimum atomic E-state index is -0.961. The van der Waals surface area contributed by atoms with Crippen molar-refractivity contribution in [3.05, 3.63) is 65.8 Å². The molecule has 28 heavy (non-hydrogen) atoms. The second kappa shape index (κ2) is 9.40. The Morgan fingerprint density at radius 1 is 1.11 bits per heavy atom. The topological polar surface area (TPSA) is 118 Å². The van der Waals surface area contributed by atoms with E-state index in [1.807, 2.05) is 12.1 Å². The first kappa shape index (κ1) is 19.2. The Morgan fingerprint density at radius 3 is 2.71 bits per heavy atom. The predicted octanol–water partition coefficient (Wildman–Crippen LogP) is 2.51. The van der Waals surface area contributed by atoms with Crippen molar-refractivity contribution in [1.29, 1.82) is 0 Å². The summed E-state index contributed by atoms with van der Waals surface area (Å²) in [6, 6.07) is 10.8. The Labute approximate surface area is 161 Å². The lowest BCUT2D eigenvalue weighted by Gasteiger charge is -2.04. The van der Waals surface area contributed by atoms with Gasteiger partial charge in [-0.1, -0.05) is 17.3 Å². The number of benzene rings is 1. The summed E-state index contributed by atoms with van der Waals surface area (Å²) in [5.41, 5.74) is 2.28. The molecule has 3 aromatic rings. The Balaban J connectivity index is 1.58. The average molecular weight is 380 g/mol. The number of carboxylic acid groups (broad SMARTS) is 1. The summed E-state index contributed by atoms with van der Waals surface area (Å²) < 4.78 is 5.31. The van der Waals surface area contributed by atoms with Gasteiger partial charge in [0.25, 0.3) is 5.91 Å². The van der Waals surface area contributed by atoms with Gasteiger partial charge in [0.1, 0.15) is 0 Å². The second-order valence-corrected chi connectivity index (χ2v) is 6.20. The van der Waals surface area contributed by atoms with E-state index in [1.165, 1.54) is 5.56 Å². The average Bonchev–Trinajstić information content (AvgIpc) is 3.17. The number of carbonyl (C=O) groups is 2. The molecule has 0 unspecified atom stereocenters. The Kier molecular flexibility index (Phi) is 6.46. The fourth-order valence-electron chi connectivity index (χ4n) is 2.65. The van der Waals surface area contributed by atoms with Gasteiger partial charge in [-0.2, -0.15) is 4.98 Å². The minimum absolute atomic E-state index is 0.0717. The number of rotatable bonds is 9. The molecule has 0 spiro atoms. The smallest absolute Gasteiger partial charge is 0.305 e. The van der Waals surface area contributed by atoms with Crippen LogP contribution in [0.15, 0.2) is 53.3 Å². The molecule has 0 saturated heterocycles. The van der Waals surface area contributed by atoms with Gasteiger partial charge in [-0.15, -0.1) is 0 Å². The van der Waals surface area contributed by atoms with Gasteiger partial charge < -0.3 is 14.9 Å². The van der Waals surface area contributed by atoms with E-state index < -0.39 is 5.97 Å². The molecule has 0 radical (unpaired) electrons. The Hall–Kier alpha value is -3.55. The fraction of sp³-hybridized carbons (Fsp3) is 0.250. The molecule has 2 N–H and O–H groups in total. The van der Waals surface area contributed by atoms with Crippen LogP contribution in [0.3, 0.4) is 0 Å². The summed E-state index contributed by atoms with van der Waals surface area (Å²) >= 11 is 0. The number of pyridine rings is 1. The second-order valence-electron chi connectivity index (χ2n) is 6.20. The number of nitrogens with zero attached hydrogens (tertiary/aromatic N) is 3. The van der Waals surface area contributed by atoms with Crippen LogP contribution in [-0.2, 0) is 17.6 Å². The van der Waals surface area contributed by atoms with E-state index in [2.05, 4.69) is 20.4 Å². The van der Waals surface area contributed by atoms with Gasteiger partial charge in [0.05, 0.1) is 6.42 Å². The van der Waals surface area contributed by atoms with E-state index in [-0.39, 0.29) is 18.9 Å². The zero-order chi connectivity index (χ0) is 19.8. The first-order valence-corrected chi connectivity index (χ1v) is 8.94. The van der Waals surface area contributed by atoms with Gasteiger partial charge >= 0.3 is 5.97 Å².